The lowest BCUT2D eigenvalue weighted by Crippen LogP contribution is -2.36. The highest BCUT2D eigenvalue weighted by molar-refractivity contribution is 5.46. The van der Waals surface area contributed by atoms with Crippen molar-refractivity contribution >= 4 is 5.82 Å². The quantitative estimate of drug-likeness (QED) is 0.778. The number of rotatable bonds is 2. The van der Waals surface area contributed by atoms with Crippen molar-refractivity contribution < 1.29 is 14.6 Å². The number of aliphatic hydroxyl groups excluding tert-OH is 2. The van der Waals surface area contributed by atoms with E-state index in [4.69, 9.17) is 5.11 Å². The highest BCUT2D eigenvalue weighted by Crippen LogP contribution is 2.22. The van der Waals surface area contributed by atoms with E-state index in [1.165, 1.54) is 6.07 Å². The lowest BCUT2D eigenvalue weighted by Gasteiger charge is -2.31. The van der Waals surface area contributed by atoms with Crippen LogP contribution in [0.25, 0.3) is 0 Å². The molecule has 2 heterocycles. The summed E-state index contributed by atoms with van der Waals surface area (Å²) in [6, 6.07) is 1.30. The third-order valence-corrected chi connectivity index (χ3v) is 2.84. The first-order valence-electron chi connectivity index (χ1n) is 5.39. The maximum absolute atomic E-state index is 12.9. The van der Waals surface area contributed by atoms with Crippen molar-refractivity contribution in [3.63, 3.8) is 0 Å². The molecule has 0 bridgehead atoms. The van der Waals surface area contributed by atoms with Gasteiger partial charge in [0, 0.05) is 18.7 Å². The predicted octanol–water partition coefficient (Wildman–Crippen LogP) is 0.674. The van der Waals surface area contributed by atoms with Crippen LogP contribution < -0.4 is 4.90 Å². The Morgan fingerprint density at radius 2 is 2.12 bits per heavy atom. The summed E-state index contributed by atoms with van der Waals surface area (Å²) >= 11 is 0. The van der Waals surface area contributed by atoms with Gasteiger partial charge in [-0.25, -0.2) is 9.37 Å². The normalized spacial score (nSPS) is 17.8. The highest BCUT2D eigenvalue weighted by Gasteiger charge is 2.20. The zero-order chi connectivity index (χ0) is 11.5. The molecule has 0 unspecified atom stereocenters. The first-order chi connectivity index (χ1) is 7.70. The molecule has 16 heavy (non-hydrogen) atoms. The number of pyridine rings is 1. The minimum absolute atomic E-state index is 0.223. The zero-order valence-electron chi connectivity index (χ0n) is 8.93. The van der Waals surface area contributed by atoms with E-state index in [-0.39, 0.29) is 12.7 Å². The standard InChI is InChI=1S/C11H15FN2O2/c12-9-5-8(7-15)11(13-6-9)14-3-1-10(16)2-4-14/h5-6,10,15-16H,1-4,7H2. The molecule has 0 saturated carbocycles. The number of hydrogen-bond acceptors (Lipinski definition) is 4. The van der Waals surface area contributed by atoms with E-state index in [1.807, 2.05) is 4.90 Å². The van der Waals surface area contributed by atoms with Gasteiger partial charge >= 0.3 is 0 Å². The summed E-state index contributed by atoms with van der Waals surface area (Å²) in [4.78, 5) is 5.98. The third-order valence-electron chi connectivity index (χ3n) is 2.84. The number of piperidine rings is 1. The van der Waals surface area contributed by atoms with E-state index >= 15 is 0 Å². The second-order valence-corrected chi connectivity index (χ2v) is 4.01. The first-order valence-corrected chi connectivity index (χ1v) is 5.39. The van der Waals surface area contributed by atoms with Crippen molar-refractivity contribution in [1.82, 2.24) is 4.98 Å². The Kier molecular flexibility index (Phi) is 3.36. The molecule has 0 radical (unpaired) electrons. The number of anilines is 1. The molecule has 1 aromatic heterocycles. The first kappa shape index (κ1) is 11.3. The summed E-state index contributed by atoms with van der Waals surface area (Å²) in [5.41, 5.74) is 0.497. The van der Waals surface area contributed by atoms with Gasteiger partial charge in [-0.3, -0.25) is 0 Å². The Morgan fingerprint density at radius 1 is 1.44 bits per heavy atom. The molecule has 4 nitrogen and oxygen atoms in total. The molecule has 1 aliphatic heterocycles. The second kappa shape index (κ2) is 4.76. The third kappa shape index (κ3) is 2.31. The average molecular weight is 226 g/mol. The van der Waals surface area contributed by atoms with Gasteiger partial charge in [0.2, 0.25) is 0 Å². The molecule has 5 heteroatoms. The molecule has 2 rings (SSSR count). The molecule has 0 aromatic carbocycles. The van der Waals surface area contributed by atoms with Gasteiger partial charge in [0.05, 0.1) is 18.9 Å². The van der Waals surface area contributed by atoms with Crippen LogP contribution in [0, 0.1) is 5.82 Å². The molecule has 0 amide bonds. The van der Waals surface area contributed by atoms with Gasteiger partial charge < -0.3 is 15.1 Å². The molecule has 0 aliphatic carbocycles. The van der Waals surface area contributed by atoms with Gasteiger partial charge in [-0.05, 0) is 18.9 Å². The monoisotopic (exact) mass is 226 g/mol. The molecule has 1 aliphatic rings. The minimum atomic E-state index is -0.440. The molecule has 88 valence electrons. The summed E-state index contributed by atoms with van der Waals surface area (Å²) in [6.45, 7) is 1.15. The minimum Gasteiger partial charge on any atom is -0.393 e. The lowest BCUT2D eigenvalue weighted by molar-refractivity contribution is 0.145. The molecule has 2 N–H and O–H groups in total. The van der Waals surface area contributed by atoms with Crippen LogP contribution in [0.3, 0.4) is 0 Å². The molecule has 1 fully saturated rings. The highest BCUT2D eigenvalue weighted by atomic mass is 19.1. The number of aliphatic hydroxyl groups is 2. The van der Waals surface area contributed by atoms with Crippen molar-refractivity contribution in [2.45, 2.75) is 25.6 Å². The number of halogens is 1. The van der Waals surface area contributed by atoms with Gasteiger partial charge in [-0.15, -0.1) is 0 Å². The lowest BCUT2D eigenvalue weighted by atomic mass is 10.1. The van der Waals surface area contributed by atoms with Crippen molar-refractivity contribution in [2.75, 3.05) is 18.0 Å². The zero-order valence-corrected chi connectivity index (χ0v) is 8.93. The molecular weight excluding hydrogens is 211 g/mol. The second-order valence-electron chi connectivity index (χ2n) is 4.01. The van der Waals surface area contributed by atoms with E-state index < -0.39 is 5.82 Å². The van der Waals surface area contributed by atoms with Crippen LogP contribution in [0.1, 0.15) is 18.4 Å². The number of hydrogen-bond donors (Lipinski definition) is 2. The number of nitrogens with zero attached hydrogens (tertiary/aromatic N) is 2. The Balaban J connectivity index is 2.19. The summed E-state index contributed by atoms with van der Waals surface area (Å²) in [5.74, 6) is 0.181. The number of aromatic nitrogens is 1. The van der Waals surface area contributed by atoms with Crippen LogP contribution in [0.15, 0.2) is 12.3 Å². The van der Waals surface area contributed by atoms with Crippen LogP contribution in [-0.4, -0.2) is 34.4 Å². The molecule has 0 spiro atoms. The Bertz CT molecular complexity index is 365. The van der Waals surface area contributed by atoms with Gasteiger partial charge in [-0.2, -0.15) is 0 Å². The van der Waals surface area contributed by atoms with Crippen LogP contribution >= 0.6 is 0 Å². The maximum Gasteiger partial charge on any atom is 0.142 e. The summed E-state index contributed by atoms with van der Waals surface area (Å²) in [5, 5.41) is 18.5. The smallest absolute Gasteiger partial charge is 0.142 e. The van der Waals surface area contributed by atoms with Gasteiger partial charge in [-0.1, -0.05) is 0 Å². The fraction of sp³-hybridized carbons (Fsp3) is 0.545. The van der Waals surface area contributed by atoms with E-state index in [1.54, 1.807) is 0 Å². The Hall–Kier alpha value is -1.20. The van der Waals surface area contributed by atoms with Crippen molar-refractivity contribution in [2.24, 2.45) is 0 Å². The molecule has 1 aromatic rings. The van der Waals surface area contributed by atoms with Crippen LogP contribution in [-0.2, 0) is 6.61 Å². The summed E-state index contributed by atoms with van der Waals surface area (Å²) in [6.07, 6.45) is 2.27. The summed E-state index contributed by atoms with van der Waals surface area (Å²) < 4.78 is 12.9. The Labute approximate surface area is 93.3 Å². The fourth-order valence-electron chi connectivity index (χ4n) is 1.95. The SMILES string of the molecule is OCc1cc(F)cnc1N1CCC(O)CC1. The van der Waals surface area contributed by atoms with E-state index in [9.17, 15) is 9.50 Å². The van der Waals surface area contributed by atoms with E-state index in [0.717, 1.165) is 6.20 Å². The van der Waals surface area contributed by atoms with Crippen LogP contribution in [0.4, 0.5) is 10.2 Å². The van der Waals surface area contributed by atoms with Crippen LogP contribution in [0.5, 0.6) is 0 Å². The van der Waals surface area contributed by atoms with E-state index in [0.29, 0.717) is 37.3 Å². The molecule has 0 atom stereocenters. The van der Waals surface area contributed by atoms with Crippen molar-refractivity contribution in [1.29, 1.82) is 0 Å². The molecular formula is C11H15FN2O2. The fourth-order valence-corrected chi connectivity index (χ4v) is 1.95. The van der Waals surface area contributed by atoms with E-state index in [2.05, 4.69) is 4.98 Å². The van der Waals surface area contributed by atoms with Gasteiger partial charge in [0.25, 0.3) is 0 Å². The Morgan fingerprint density at radius 3 is 2.75 bits per heavy atom. The predicted molar refractivity (Wildman–Crippen MR) is 57.6 cm³/mol. The largest absolute Gasteiger partial charge is 0.393 e. The maximum atomic E-state index is 12.9. The topological polar surface area (TPSA) is 56.6 Å². The van der Waals surface area contributed by atoms with Gasteiger partial charge in [0.1, 0.15) is 11.6 Å². The molecule has 1 saturated heterocycles. The summed E-state index contributed by atoms with van der Waals surface area (Å²) in [7, 11) is 0. The van der Waals surface area contributed by atoms with Gasteiger partial charge in [0.15, 0.2) is 0 Å². The van der Waals surface area contributed by atoms with Crippen molar-refractivity contribution in [3.05, 3.63) is 23.6 Å². The average Bonchev–Trinajstić information content (AvgIpc) is 2.30. The van der Waals surface area contributed by atoms with Crippen molar-refractivity contribution in [3.8, 4) is 0 Å². The van der Waals surface area contributed by atoms with Crippen LogP contribution in [0.2, 0.25) is 0 Å².